The van der Waals surface area contributed by atoms with Crippen molar-refractivity contribution in [1.29, 1.82) is 0 Å². The highest BCUT2D eigenvalue weighted by molar-refractivity contribution is 5.88. The third-order valence-corrected chi connectivity index (χ3v) is 5.91. The molecule has 1 atom stereocenters. The van der Waals surface area contributed by atoms with Crippen LogP contribution >= 0.6 is 0 Å². The number of amides is 2. The van der Waals surface area contributed by atoms with Crippen LogP contribution in [0.15, 0.2) is 48.5 Å². The highest BCUT2D eigenvalue weighted by Gasteiger charge is 2.29. The monoisotopic (exact) mass is 439 g/mol. The number of hydrogen-bond acceptors (Lipinski definition) is 5. The van der Waals surface area contributed by atoms with Gasteiger partial charge in [0, 0.05) is 24.2 Å². The van der Waals surface area contributed by atoms with Crippen molar-refractivity contribution >= 4 is 17.5 Å². The minimum atomic E-state index is -0.715. The zero-order chi connectivity index (χ0) is 23.1. The van der Waals surface area contributed by atoms with Crippen LogP contribution in [0.1, 0.15) is 43.7 Å². The predicted molar refractivity (Wildman–Crippen MR) is 120 cm³/mol. The lowest BCUT2D eigenvalue weighted by Gasteiger charge is -2.30. The molecule has 0 heterocycles. The van der Waals surface area contributed by atoms with Crippen molar-refractivity contribution in [3.8, 4) is 5.75 Å². The molecule has 1 fully saturated rings. The van der Waals surface area contributed by atoms with E-state index in [1.54, 1.807) is 44.4 Å². The van der Waals surface area contributed by atoms with Crippen molar-refractivity contribution in [2.45, 2.75) is 57.7 Å². The number of rotatable bonds is 9. The van der Waals surface area contributed by atoms with Gasteiger partial charge >= 0.3 is 0 Å². The molecule has 1 saturated carbocycles. The Morgan fingerprint density at radius 1 is 1.16 bits per heavy atom. The SMILES string of the molecule is COc1ccc(CN(C(=O)Cc2ccccc2[N+](=O)[O-])C(C)C(=O)NC2CCCC2)cc1. The first kappa shape index (κ1) is 23.2. The number of carbonyl (C=O) groups excluding carboxylic acids is 2. The Morgan fingerprint density at radius 3 is 2.44 bits per heavy atom. The molecule has 1 N–H and O–H groups in total. The summed E-state index contributed by atoms with van der Waals surface area (Å²) in [6.45, 7) is 1.91. The van der Waals surface area contributed by atoms with E-state index in [1.165, 1.54) is 11.0 Å². The molecule has 8 heteroatoms. The Morgan fingerprint density at radius 2 is 1.81 bits per heavy atom. The zero-order valence-corrected chi connectivity index (χ0v) is 18.5. The number of nitrogens with one attached hydrogen (secondary N) is 1. The van der Waals surface area contributed by atoms with Crippen LogP contribution in [0.2, 0.25) is 0 Å². The minimum Gasteiger partial charge on any atom is -0.497 e. The lowest BCUT2D eigenvalue weighted by atomic mass is 10.1. The van der Waals surface area contributed by atoms with Gasteiger partial charge in [-0.3, -0.25) is 19.7 Å². The number of nitro benzene ring substituents is 1. The Hall–Kier alpha value is -3.42. The number of para-hydroxylation sites is 1. The summed E-state index contributed by atoms with van der Waals surface area (Å²) in [5.41, 5.74) is 1.06. The van der Waals surface area contributed by atoms with Crippen LogP contribution in [0, 0.1) is 10.1 Å². The summed E-state index contributed by atoms with van der Waals surface area (Å²) >= 11 is 0. The van der Waals surface area contributed by atoms with Gasteiger partial charge in [-0.15, -0.1) is 0 Å². The second kappa shape index (κ2) is 10.7. The van der Waals surface area contributed by atoms with E-state index in [4.69, 9.17) is 4.74 Å². The van der Waals surface area contributed by atoms with Gasteiger partial charge in [0.25, 0.3) is 5.69 Å². The van der Waals surface area contributed by atoms with Crippen LogP contribution < -0.4 is 10.1 Å². The van der Waals surface area contributed by atoms with Crippen molar-refractivity contribution in [1.82, 2.24) is 10.2 Å². The zero-order valence-electron chi connectivity index (χ0n) is 18.5. The highest BCUT2D eigenvalue weighted by atomic mass is 16.6. The molecule has 0 aliphatic heterocycles. The molecule has 0 radical (unpaired) electrons. The lowest BCUT2D eigenvalue weighted by Crippen LogP contribution is -2.50. The molecule has 1 aliphatic rings. The largest absolute Gasteiger partial charge is 0.497 e. The number of nitrogens with zero attached hydrogens (tertiary/aromatic N) is 2. The van der Waals surface area contributed by atoms with Gasteiger partial charge in [-0.2, -0.15) is 0 Å². The number of nitro groups is 1. The standard InChI is InChI=1S/C24H29N3O5/c1-17(24(29)25-20-8-4-5-9-20)26(16-18-11-13-21(32-2)14-12-18)23(28)15-19-7-3-6-10-22(19)27(30)31/h3,6-7,10-14,17,20H,4-5,8-9,15-16H2,1-2H3,(H,25,29). The van der Waals surface area contributed by atoms with E-state index in [2.05, 4.69) is 5.32 Å². The molecule has 8 nitrogen and oxygen atoms in total. The Labute approximate surface area is 187 Å². The third kappa shape index (κ3) is 5.84. The van der Waals surface area contributed by atoms with Crippen LogP contribution in [0.25, 0.3) is 0 Å². The van der Waals surface area contributed by atoms with Gasteiger partial charge in [0.05, 0.1) is 18.5 Å². The first-order valence-corrected chi connectivity index (χ1v) is 10.8. The fourth-order valence-electron chi connectivity index (χ4n) is 4.01. The number of carbonyl (C=O) groups is 2. The fraction of sp³-hybridized carbons (Fsp3) is 0.417. The highest BCUT2D eigenvalue weighted by Crippen LogP contribution is 2.22. The van der Waals surface area contributed by atoms with E-state index < -0.39 is 11.0 Å². The Balaban J connectivity index is 1.81. The molecule has 0 spiro atoms. The topological polar surface area (TPSA) is 102 Å². The van der Waals surface area contributed by atoms with E-state index in [-0.39, 0.29) is 36.5 Å². The molecule has 0 aromatic heterocycles. The molecular formula is C24H29N3O5. The molecule has 2 aromatic carbocycles. The molecule has 0 saturated heterocycles. The summed E-state index contributed by atoms with van der Waals surface area (Å²) < 4.78 is 5.19. The molecule has 1 aliphatic carbocycles. The van der Waals surface area contributed by atoms with Crippen LogP contribution in [0.3, 0.4) is 0 Å². The van der Waals surface area contributed by atoms with Crippen LogP contribution in [-0.4, -0.2) is 40.8 Å². The number of ether oxygens (including phenoxy) is 1. The van der Waals surface area contributed by atoms with Crippen molar-refractivity contribution in [3.63, 3.8) is 0 Å². The summed E-state index contributed by atoms with van der Waals surface area (Å²) in [6.07, 6.45) is 3.91. The molecular weight excluding hydrogens is 410 g/mol. The first-order chi connectivity index (χ1) is 15.4. The van der Waals surface area contributed by atoms with E-state index in [0.29, 0.717) is 11.3 Å². The summed E-state index contributed by atoms with van der Waals surface area (Å²) in [5.74, 6) is 0.143. The van der Waals surface area contributed by atoms with Crippen LogP contribution in [-0.2, 0) is 22.6 Å². The van der Waals surface area contributed by atoms with E-state index in [1.807, 2.05) is 12.1 Å². The predicted octanol–water partition coefficient (Wildman–Crippen LogP) is 3.62. The number of hydrogen-bond donors (Lipinski definition) is 1. The van der Waals surface area contributed by atoms with Crippen molar-refractivity contribution in [3.05, 3.63) is 69.8 Å². The average Bonchev–Trinajstić information content (AvgIpc) is 3.30. The van der Waals surface area contributed by atoms with Gasteiger partial charge in [-0.1, -0.05) is 43.2 Å². The maximum atomic E-state index is 13.3. The van der Waals surface area contributed by atoms with Gasteiger partial charge in [-0.25, -0.2) is 0 Å². The van der Waals surface area contributed by atoms with Gasteiger partial charge in [0.15, 0.2) is 0 Å². The Kier molecular flexibility index (Phi) is 7.81. The second-order valence-electron chi connectivity index (χ2n) is 8.10. The quantitative estimate of drug-likeness (QED) is 0.475. The molecule has 1 unspecified atom stereocenters. The maximum absolute atomic E-state index is 13.3. The van der Waals surface area contributed by atoms with Gasteiger partial charge in [-0.05, 0) is 37.5 Å². The molecule has 2 amide bonds. The van der Waals surface area contributed by atoms with E-state index >= 15 is 0 Å². The third-order valence-electron chi connectivity index (χ3n) is 5.91. The molecule has 170 valence electrons. The van der Waals surface area contributed by atoms with Crippen molar-refractivity contribution in [2.75, 3.05) is 7.11 Å². The van der Waals surface area contributed by atoms with Crippen molar-refractivity contribution in [2.24, 2.45) is 0 Å². The van der Waals surface area contributed by atoms with Crippen LogP contribution in [0.5, 0.6) is 5.75 Å². The number of methoxy groups -OCH3 is 1. The fourth-order valence-corrected chi connectivity index (χ4v) is 4.01. The second-order valence-corrected chi connectivity index (χ2v) is 8.10. The first-order valence-electron chi connectivity index (χ1n) is 10.8. The smallest absolute Gasteiger partial charge is 0.273 e. The summed E-state index contributed by atoms with van der Waals surface area (Å²) in [7, 11) is 1.58. The summed E-state index contributed by atoms with van der Waals surface area (Å²) in [6, 6.07) is 12.9. The van der Waals surface area contributed by atoms with E-state index in [9.17, 15) is 19.7 Å². The summed E-state index contributed by atoms with van der Waals surface area (Å²) in [4.78, 5) is 38.6. The van der Waals surface area contributed by atoms with Gasteiger partial charge in [0.1, 0.15) is 11.8 Å². The number of benzene rings is 2. The van der Waals surface area contributed by atoms with Gasteiger partial charge < -0.3 is 15.0 Å². The van der Waals surface area contributed by atoms with Crippen molar-refractivity contribution < 1.29 is 19.2 Å². The Bertz CT molecular complexity index is 954. The molecule has 2 aromatic rings. The minimum absolute atomic E-state index is 0.103. The average molecular weight is 440 g/mol. The summed E-state index contributed by atoms with van der Waals surface area (Å²) in [5, 5.41) is 14.4. The molecule has 32 heavy (non-hydrogen) atoms. The molecule has 0 bridgehead atoms. The lowest BCUT2D eigenvalue weighted by molar-refractivity contribution is -0.385. The molecule has 3 rings (SSSR count). The van der Waals surface area contributed by atoms with Gasteiger partial charge in [0.2, 0.25) is 11.8 Å². The van der Waals surface area contributed by atoms with Crippen LogP contribution in [0.4, 0.5) is 5.69 Å². The normalized spacial score (nSPS) is 14.6. The maximum Gasteiger partial charge on any atom is 0.273 e. The van der Waals surface area contributed by atoms with E-state index in [0.717, 1.165) is 31.2 Å².